The van der Waals surface area contributed by atoms with Gasteiger partial charge in [-0.25, -0.2) is 0 Å². The zero-order valence-corrected chi connectivity index (χ0v) is 10.5. The third kappa shape index (κ3) is 4.13. The lowest BCUT2D eigenvalue weighted by Crippen LogP contribution is -2.38. The van der Waals surface area contributed by atoms with Gasteiger partial charge in [0.05, 0.1) is 6.61 Å². The lowest BCUT2D eigenvalue weighted by molar-refractivity contribution is -0.126. The highest BCUT2D eigenvalue weighted by Crippen LogP contribution is 2.16. The van der Waals surface area contributed by atoms with Crippen molar-refractivity contribution in [1.82, 2.24) is 15.2 Å². The molecular weight excluding hydrogens is 218 g/mol. The Morgan fingerprint density at radius 3 is 2.88 bits per heavy atom. The number of nitrogens with zero attached hydrogens (tertiary/aromatic N) is 2. The molecule has 1 unspecified atom stereocenters. The average molecular weight is 237 g/mol. The average Bonchev–Trinajstić information content (AvgIpc) is 2.30. The molecule has 0 aliphatic rings. The van der Waals surface area contributed by atoms with Crippen LogP contribution in [0.15, 0.2) is 24.5 Å². The van der Waals surface area contributed by atoms with Crippen LogP contribution < -0.4 is 5.32 Å². The summed E-state index contributed by atoms with van der Waals surface area (Å²) in [6.45, 7) is 1.03. The fourth-order valence-electron chi connectivity index (χ4n) is 1.59. The first-order valence-electron chi connectivity index (χ1n) is 5.49. The number of ether oxygens (including phenoxy) is 1. The third-order valence-electron chi connectivity index (χ3n) is 2.37. The summed E-state index contributed by atoms with van der Waals surface area (Å²) in [5.41, 5.74) is 0.882. The van der Waals surface area contributed by atoms with Crippen molar-refractivity contribution in [2.45, 2.75) is 6.04 Å². The molecule has 0 bridgehead atoms. The van der Waals surface area contributed by atoms with Crippen molar-refractivity contribution in [3.05, 3.63) is 30.1 Å². The fourth-order valence-corrected chi connectivity index (χ4v) is 1.59. The van der Waals surface area contributed by atoms with Crippen molar-refractivity contribution in [1.29, 1.82) is 0 Å². The number of aromatic nitrogens is 1. The van der Waals surface area contributed by atoms with E-state index >= 15 is 0 Å². The first kappa shape index (κ1) is 13.6. The van der Waals surface area contributed by atoms with Crippen LogP contribution in [0.5, 0.6) is 0 Å². The van der Waals surface area contributed by atoms with E-state index in [0.717, 1.165) is 5.56 Å². The Morgan fingerprint density at radius 1 is 1.59 bits per heavy atom. The number of likely N-dealkylation sites (N-methyl/N-ethyl adjacent to an activating group) is 1. The molecule has 1 N–H and O–H groups in total. The highest BCUT2D eigenvalue weighted by molar-refractivity contribution is 5.83. The number of hydrogen-bond donors (Lipinski definition) is 1. The van der Waals surface area contributed by atoms with Gasteiger partial charge >= 0.3 is 0 Å². The van der Waals surface area contributed by atoms with Crippen molar-refractivity contribution in [2.75, 3.05) is 34.4 Å². The Balaban J connectivity index is 2.70. The number of carbonyl (C=O) groups excluding carboxylic acids is 1. The zero-order chi connectivity index (χ0) is 12.7. The Hall–Kier alpha value is -1.46. The summed E-state index contributed by atoms with van der Waals surface area (Å²) in [6.07, 6.45) is 3.40. The van der Waals surface area contributed by atoms with Gasteiger partial charge in [-0.3, -0.25) is 14.7 Å². The molecule has 1 atom stereocenters. The minimum atomic E-state index is -0.319. The van der Waals surface area contributed by atoms with E-state index < -0.39 is 0 Å². The highest BCUT2D eigenvalue weighted by Gasteiger charge is 2.22. The minimum Gasteiger partial charge on any atom is -0.383 e. The normalized spacial score (nSPS) is 12.5. The summed E-state index contributed by atoms with van der Waals surface area (Å²) in [6, 6.07) is 3.41. The standard InChI is InChI=1S/C12H19N3O2/c1-15(2)11(10-5-4-6-13-9-10)12(16)14-7-8-17-3/h4-6,9,11H,7-8H2,1-3H3,(H,14,16). The Morgan fingerprint density at radius 2 is 2.35 bits per heavy atom. The molecule has 1 rings (SSSR count). The van der Waals surface area contributed by atoms with Gasteiger partial charge in [0.2, 0.25) is 5.91 Å². The van der Waals surface area contributed by atoms with Crippen LogP contribution in [0.1, 0.15) is 11.6 Å². The molecule has 0 aliphatic carbocycles. The number of carbonyl (C=O) groups is 1. The van der Waals surface area contributed by atoms with Crippen molar-refractivity contribution in [2.24, 2.45) is 0 Å². The molecule has 0 spiro atoms. The molecule has 0 fully saturated rings. The van der Waals surface area contributed by atoms with Crippen LogP contribution >= 0.6 is 0 Å². The van der Waals surface area contributed by atoms with Gasteiger partial charge in [0.25, 0.3) is 0 Å². The van der Waals surface area contributed by atoms with Crippen LogP contribution in [0.25, 0.3) is 0 Å². The largest absolute Gasteiger partial charge is 0.383 e. The monoisotopic (exact) mass is 237 g/mol. The van der Waals surface area contributed by atoms with Gasteiger partial charge in [-0.05, 0) is 25.7 Å². The number of methoxy groups -OCH3 is 1. The lowest BCUT2D eigenvalue weighted by atomic mass is 10.1. The molecule has 1 heterocycles. The molecule has 0 radical (unpaired) electrons. The zero-order valence-electron chi connectivity index (χ0n) is 10.5. The topological polar surface area (TPSA) is 54.5 Å². The highest BCUT2D eigenvalue weighted by atomic mass is 16.5. The Bertz CT molecular complexity index is 341. The van der Waals surface area contributed by atoms with Gasteiger partial charge < -0.3 is 10.1 Å². The summed E-state index contributed by atoms with van der Waals surface area (Å²) in [7, 11) is 5.35. The van der Waals surface area contributed by atoms with Gasteiger partial charge in [0.15, 0.2) is 0 Å². The lowest BCUT2D eigenvalue weighted by Gasteiger charge is -2.23. The molecule has 0 aromatic carbocycles. The molecule has 0 saturated carbocycles. The van der Waals surface area contributed by atoms with Crippen LogP contribution in [0, 0.1) is 0 Å². The summed E-state index contributed by atoms with van der Waals surface area (Å²) in [4.78, 5) is 17.9. The van der Waals surface area contributed by atoms with Crippen molar-refractivity contribution in [3.8, 4) is 0 Å². The number of pyridine rings is 1. The maximum Gasteiger partial charge on any atom is 0.242 e. The number of rotatable bonds is 6. The molecule has 5 heteroatoms. The van der Waals surface area contributed by atoms with Crippen molar-refractivity contribution < 1.29 is 9.53 Å². The van der Waals surface area contributed by atoms with E-state index in [0.29, 0.717) is 13.2 Å². The number of hydrogen-bond acceptors (Lipinski definition) is 4. The maximum absolute atomic E-state index is 12.0. The van der Waals surface area contributed by atoms with E-state index in [1.54, 1.807) is 19.5 Å². The second-order valence-corrected chi connectivity index (χ2v) is 3.94. The summed E-state index contributed by atoms with van der Waals surface area (Å²) >= 11 is 0. The van der Waals surface area contributed by atoms with Gasteiger partial charge in [0.1, 0.15) is 6.04 Å². The number of nitrogens with one attached hydrogen (secondary N) is 1. The smallest absolute Gasteiger partial charge is 0.242 e. The number of amides is 1. The van der Waals surface area contributed by atoms with Crippen LogP contribution in [0.4, 0.5) is 0 Å². The maximum atomic E-state index is 12.0. The molecule has 1 aromatic heterocycles. The van der Waals surface area contributed by atoms with Crippen LogP contribution in [-0.4, -0.2) is 50.1 Å². The quantitative estimate of drug-likeness (QED) is 0.730. The van der Waals surface area contributed by atoms with Crippen molar-refractivity contribution >= 4 is 5.91 Å². The van der Waals surface area contributed by atoms with Gasteiger partial charge in [-0.1, -0.05) is 6.07 Å². The van der Waals surface area contributed by atoms with E-state index in [4.69, 9.17) is 4.74 Å². The van der Waals surface area contributed by atoms with E-state index in [9.17, 15) is 4.79 Å². The minimum absolute atomic E-state index is 0.0416. The van der Waals surface area contributed by atoms with E-state index in [-0.39, 0.29) is 11.9 Å². The van der Waals surface area contributed by atoms with E-state index in [1.165, 1.54) is 0 Å². The summed E-state index contributed by atoms with van der Waals surface area (Å²) in [5, 5.41) is 2.83. The molecule has 0 aliphatic heterocycles. The SMILES string of the molecule is COCCNC(=O)C(c1cccnc1)N(C)C. The summed E-state index contributed by atoms with van der Waals surface area (Å²) in [5.74, 6) is -0.0416. The predicted molar refractivity (Wildman–Crippen MR) is 65.6 cm³/mol. The van der Waals surface area contributed by atoms with E-state index in [2.05, 4.69) is 10.3 Å². The molecule has 0 saturated heterocycles. The van der Waals surface area contributed by atoms with Crippen LogP contribution in [0.2, 0.25) is 0 Å². The third-order valence-corrected chi connectivity index (χ3v) is 2.37. The molecule has 5 nitrogen and oxygen atoms in total. The second kappa shape index (κ2) is 6.98. The molecule has 1 amide bonds. The van der Waals surface area contributed by atoms with Gasteiger partial charge in [0, 0.05) is 26.0 Å². The van der Waals surface area contributed by atoms with E-state index in [1.807, 2.05) is 31.1 Å². The van der Waals surface area contributed by atoms with Crippen LogP contribution in [-0.2, 0) is 9.53 Å². The molecule has 1 aromatic rings. The van der Waals surface area contributed by atoms with Gasteiger partial charge in [-0.15, -0.1) is 0 Å². The first-order chi connectivity index (χ1) is 8.16. The molecular formula is C12H19N3O2. The first-order valence-corrected chi connectivity index (χ1v) is 5.49. The fraction of sp³-hybridized carbons (Fsp3) is 0.500. The Labute approximate surface area is 102 Å². The predicted octanol–water partition coefficient (Wildman–Crippen LogP) is 0.447. The summed E-state index contributed by atoms with van der Waals surface area (Å²) < 4.78 is 4.90. The van der Waals surface area contributed by atoms with Gasteiger partial charge in [-0.2, -0.15) is 0 Å². The second-order valence-electron chi connectivity index (χ2n) is 3.94. The van der Waals surface area contributed by atoms with Crippen LogP contribution in [0.3, 0.4) is 0 Å². The van der Waals surface area contributed by atoms with Crippen molar-refractivity contribution in [3.63, 3.8) is 0 Å². The molecule has 17 heavy (non-hydrogen) atoms. The Kier molecular flexibility index (Phi) is 5.59. The molecule has 94 valence electrons.